The van der Waals surface area contributed by atoms with Crippen molar-refractivity contribution in [1.82, 2.24) is 19.9 Å². The summed E-state index contributed by atoms with van der Waals surface area (Å²) in [6, 6.07) is 10.8. The summed E-state index contributed by atoms with van der Waals surface area (Å²) >= 11 is 0. The van der Waals surface area contributed by atoms with E-state index < -0.39 is 5.91 Å². The first-order chi connectivity index (χ1) is 14.5. The van der Waals surface area contributed by atoms with Crippen molar-refractivity contribution in [2.24, 2.45) is 7.05 Å². The van der Waals surface area contributed by atoms with Crippen molar-refractivity contribution >= 4 is 12.4 Å². The molecule has 2 aromatic heterocycles. The summed E-state index contributed by atoms with van der Waals surface area (Å²) in [6.45, 7) is 1.99. The molecule has 0 fully saturated rings. The average molecular weight is 410 g/mol. The largest absolute Gasteiger partial charge is 0.483 e. The number of nitrogens with one attached hydrogen (secondary N) is 1. The monoisotopic (exact) mass is 410 g/mol. The molecule has 0 saturated heterocycles. The zero-order valence-corrected chi connectivity index (χ0v) is 16.6. The van der Waals surface area contributed by atoms with E-state index in [1.807, 2.05) is 37.3 Å². The lowest BCUT2D eigenvalue weighted by molar-refractivity contribution is -0.122. The molecule has 30 heavy (non-hydrogen) atoms. The van der Waals surface area contributed by atoms with Gasteiger partial charge in [0.25, 0.3) is 12.4 Å². The highest BCUT2D eigenvalue weighted by Crippen LogP contribution is 2.15. The van der Waals surface area contributed by atoms with E-state index in [4.69, 9.17) is 14.6 Å². The van der Waals surface area contributed by atoms with Gasteiger partial charge in [-0.3, -0.25) is 24.4 Å². The molecular formula is C21H22N4O5. The first-order valence-corrected chi connectivity index (χ1v) is 8.96. The van der Waals surface area contributed by atoms with Crippen LogP contribution in [-0.2, 0) is 25.0 Å². The number of benzene rings is 1. The van der Waals surface area contributed by atoms with E-state index in [1.54, 1.807) is 24.0 Å². The third-order valence-electron chi connectivity index (χ3n) is 3.95. The summed E-state index contributed by atoms with van der Waals surface area (Å²) in [6.07, 6.45) is 4.78. The number of pyridine rings is 1. The van der Waals surface area contributed by atoms with Gasteiger partial charge < -0.3 is 19.7 Å². The lowest BCUT2D eigenvalue weighted by Crippen LogP contribution is -2.29. The van der Waals surface area contributed by atoms with E-state index in [1.165, 1.54) is 12.3 Å². The molecule has 1 aromatic carbocycles. The van der Waals surface area contributed by atoms with Gasteiger partial charge in [-0.15, -0.1) is 0 Å². The number of carbonyl (C=O) groups excluding carboxylic acids is 1. The Kier molecular flexibility index (Phi) is 8.25. The Labute approximate surface area is 173 Å². The fourth-order valence-electron chi connectivity index (χ4n) is 2.50. The molecule has 0 bridgehead atoms. The summed E-state index contributed by atoms with van der Waals surface area (Å²) in [5.41, 5.74) is 2.15. The van der Waals surface area contributed by atoms with Crippen molar-refractivity contribution in [2.75, 3.05) is 0 Å². The second kappa shape index (κ2) is 11.1. The van der Waals surface area contributed by atoms with Gasteiger partial charge in [0.1, 0.15) is 6.61 Å². The van der Waals surface area contributed by atoms with E-state index in [2.05, 4.69) is 15.3 Å². The Balaban J connectivity index is 0.00000101. The fraction of sp³-hybridized carbons (Fsp3) is 0.190. The van der Waals surface area contributed by atoms with Gasteiger partial charge in [0.2, 0.25) is 5.43 Å². The molecule has 3 aromatic rings. The fourth-order valence-corrected chi connectivity index (χ4v) is 2.50. The maximum Gasteiger partial charge on any atom is 0.290 e. The molecule has 156 valence electrons. The van der Waals surface area contributed by atoms with Gasteiger partial charge in [-0.1, -0.05) is 30.3 Å². The minimum atomic E-state index is -0.416. The third-order valence-corrected chi connectivity index (χ3v) is 3.95. The van der Waals surface area contributed by atoms with Gasteiger partial charge in [-0.2, -0.15) is 0 Å². The highest BCUT2D eigenvalue weighted by Gasteiger charge is 2.19. The molecule has 0 unspecified atom stereocenters. The molecule has 0 aliphatic heterocycles. The Morgan fingerprint density at radius 3 is 2.53 bits per heavy atom. The predicted molar refractivity (Wildman–Crippen MR) is 109 cm³/mol. The Morgan fingerprint density at radius 1 is 1.20 bits per heavy atom. The van der Waals surface area contributed by atoms with Crippen LogP contribution in [0.25, 0.3) is 0 Å². The molecule has 0 aliphatic carbocycles. The van der Waals surface area contributed by atoms with Gasteiger partial charge in [-0.25, -0.2) is 0 Å². The van der Waals surface area contributed by atoms with Crippen LogP contribution in [-0.4, -0.2) is 32.0 Å². The molecule has 3 rings (SSSR count). The van der Waals surface area contributed by atoms with E-state index >= 15 is 0 Å². The lowest BCUT2D eigenvalue weighted by atomic mass is 10.2. The van der Waals surface area contributed by atoms with Crippen molar-refractivity contribution in [3.05, 3.63) is 87.9 Å². The third kappa shape index (κ3) is 6.26. The molecular weight excluding hydrogens is 388 g/mol. The van der Waals surface area contributed by atoms with Crippen LogP contribution in [0.3, 0.4) is 0 Å². The Morgan fingerprint density at radius 2 is 1.90 bits per heavy atom. The van der Waals surface area contributed by atoms with Crippen molar-refractivity contribution in [1.29, 1.82) is 0 Å². The molecule has 0 aliphatic rings. The number of hydrogen-bond donors (Lipinski definition) is 2. The normalized spacial score (nSPS) is 9.80. The van der Waals surface area contributed by atoms with Gasteiger partial charge in [0.15, 0.2) is 11.4 Å². The number of carbonyl (C=O) groups is 2. The topological polar surface area (TPSA) is 123 Å². The highest BCUT2D eigenvalue weighted by atomic mass is 16.5. The molecule has 2 heterocycles. The van der Waals surface area contributed by atoms with Crippen molar-refractivity contribution in [3.8, 4) is 5.75 Å². The standard InChI is InChI=1S/C20H20N4O3.CH2O2/c1-14-10-22-16(11-21-14)12-23-20(26)18-19(17(25)8-9-24(18)2)27-13-15-6-4-3-5-7-15;2-1-3/h3-11H,12-13H2,1-2H3,(H,23,26);1H,(H,2,3). The number of hydrogen-bond acceptors (Lipinski definition) is 6. The van der Waals surface area contributed by atoms with E-state index in [-0.39, 0.29) is 36.5 Å². The van der Waals surface area contributed by atoms with Crippen molar-refractivity contribution in [3.63, 3.8) is 0 Å². The van der Waals surface area contributed by atoms with Crippen LogP contribution in [0.4, 0.5) is 0 Å². The number of amides is 1. The summed E-state index contributed by atoms with van der Waals surface area (Å²) < 4.78 is 7.27. The number of aromatic nitrogens is 3. The first kappa shape index (κ1) is 22.3. The van der Waals surface area contributed by atoms with Gasteiger partial charge in [0.05, 0.1) is 24.1 Å². The Bertz CT molecular complexity index is 1030. The maximum atomic E-state index is 12.7. The molecule has 9 heteroatoms. The number of ether oxygens (including phenoxy) is 1. The maximum absolute atomic E-state index is 12.7. The van der Waals surface area contributed by atoms with Crippen LogP contribution < -0.4 is 15.5 Å². The van der Waals surface area contributed by atoms with Gasteiger partial charge in [-0.05, 0) is 12.5 Å². The number of nitrogens with zero attached hydrogens (tertiary/aromatic N) is 3. The summed E-state index contributed by atoms with van der Waals surface area (Å²) in [4.78, 5) is 41.7. The van der Waals surface area contributed by atoms with Crippen LogP contribution in [0, 0.1) is 6.92 Å². The molecule has 9 nitrogen and oxygen atoms in total. The minimum Gasteiger partial charge on any atom is -0.483 e. The zero-order chi connectivity index (χ0) is 21.9. The number of carboxylic acid groups (broad SMARTS) is 1. The highest BCUT2D eigenvalue weighted by molar-refractivity contribution is 5.95. The van der Waals surface area contributed by atoms with Crippen LogP contribution in [0.15, 0.2) is 59.8 Å². The van der Waals surface area contributed by atoms with E-state index in [0.717, 1.165) is 11.3 Å². The smallest absolute Gasteiger partial charge is 0.290 e. The minimum absolute atomic E-state index is 0.0244. The second-order valence-electron chi connectivity index (χ2n) is 6.18. The Hall–Kier alpha value is -4.01. The van der Waals surface area contributed by atoms with Crippen LogP contribution in [0.5, 0.6) is 5.75 Å². The summed E-state index contributed by atoms with van der Waals surface area (Å²) in [7, 11) is 1.69. The van der Waals surface area contributed by atoms with Crippen molar-refractivity contribution in [2.45, 2.75) is 20.1 Å². The zero-order valence-electron chi connectivity index (χ0n) is 16.6. The summed E-state index contributed by atoms with van der Waals surface area (Å²) in [5.74, 6) is -0.392. The van der Waals surface area contributed by atoms with Crippen molar-refractivity contribution < 1.29 is 19.4 Å². The van der Waals surface area contributed by atoms with Gasteiger partial charge >= 0.3 is 0 Å². The number of aryl methyl sites for hydroxylation is 2. The van der Waals surface area contributed by atoms with E-state index in [0.29, 0.717) is 5.69 Å². The molecule has 0 radical (unpaired) electrons. The first-order valence-electron chi connectivity index (χ1n) is 8.96. The van der Waals surface area contributed by atoms with E-state index in [9.17, 15) is 9.59 Å². The van der Waals surface area contributed by atoms with Crippen LogP contribution >= 0.6 is 0 Å². The SMILES string of the molecule is Cc1cnc(CNC(=O)c2c(OCc3ccccc3)c(=O)ccn2C)cn1.O=CO. The lowest BCUT2D eigenvalue weighted by Gasteiger charge is -2.14. The molecule has 1 amide bonds. The predicted octanol–water partition coefficient (Wildman–Crippen LogP) is 1.69. The molecule has 0 spiro atoms. The molecule has 2 N–H and O–H groups in total. The molecule has 0 atom stereocenters. The number of rotatable bonds is 6. The van der Waals surface area contributed by atoms with Gasteiger partial charge in [0, 0.05) is 25.5 Å². The quantitative estimate of drug-likeness (QED) is 0.593. The second-order valence-corrected chi connectivity index (χ2v) is 6.18. The van der Waals surface area contributed by atoms with Crippen LogP contribution in [0.2, 0.25) is 0 Å². The average Bonchev–Trinajstić information content (AvgIpc) is 2.75. The van der Waals surface area contributed by atoms with Crippen LogP contribution in [0.1, 0.15) is 27.4 Å². The summed E-state index contributed by atoms with van der Waals surface area (Å²) in [5, 5.41) is 9.65. The molecule has 0 saturated carbocycles.